The topological polar surface area (TPSA) is 119 Å². The van der Waals surface area contributed by atoms with Gasteiger partial charge in [0.15, 0.2) is 5.54 Å². The van der Waals surface area contributed by atoms with Crippen LogP contribution in [0.3, 0.4) is 0 Å². The predicted molar refractivity (Wildman–Crippen MR) is 77.9 cm³/mol. The number of rotatable bonds is 7. The number of carbonyl (C=O) groups is 2. The minimum Gasteiger partial charge on any atom is -0.479 e. The van der Waals surface area contributed by atoms with E-state index in [1.165, 1.54) is 26.2 Å². The van der Waals surface area contributed by atoms with Crippen molar-refractivity contribution >= 4 is 17.6 Å². The molecule has 8 nitrogen and oxygen atoms in total. The maximum atomic E-state index is 12.2. The lowest BCUT2D eigenvalue weighted by molar-refractivity contribution is -0.385. The molecule has 1 aromatic rings. The summed E-state index contributed by atoms with van der Waals surface area (Å²) in [6, 6.07) is 4.06. The van der Waals surface area contributed by atoms with Crippen LogP contribution in [0.15, 0.2) is 18.2 Å². The largest absolute Gasteiger partial charge is 0.479 e. The maximum Gasteiger partial charge on any atom is 0.331 e. The second-order valence-electron chi connectivity index (χ2n) is 4.98. The number of carboxylic acid groups (broad SMARTS) is 1. The second-order valence-corrected chi connectivity index (χ2v) is 4.98. The van der Waals surface area contributed by atoms with Crippen molar-refractivity contribution in [3.63, 3.8) is 0 Å². The molecule has 1 atom stereocenters. The van der Waals surface area contributed by atoms with Crippen LogP contribution in [0.1, 0.15) is 29.8 Å². The van der Waals surface area contributed by atoms with Gasteiger partial charge >= 0.3 is 5.97 Å². The number of benzene rings is 1. The third-order valence-electron chi connectivity index (χ3n) is 3.22. The summed E-state index contributed by atoms with van der Waals surface area (Å²) in [6.07, 6.45) is 0.453. The molecule has 0 saturated heterocycles. The number of aliphatic carboxylic acids is 1. The van der Waals surface area contributed by atoms with E-state index < -0.39 is 22.3 Å². The summed E-state index contributed by atoms with van der Waals surface area (Å²) >= 11 is 0. The lowest BCUT2D eigenvalue weighted by Gasteiger charge is -2.25. The summed E-state index contributed by atoms with van der Waals surface area (Å²) in [7, 11) is 1.31. The van der Waals surface area contributed by atoms with E-state index in [0.717, 1.165) is 6.07 Å². The number of hydrogen-bond donors (Lipinski definition) is 2. The maximum absolute atomic E-state index is 12.2. The lowest BCUT2D eigenvalue weighted by atomic mass is 10.0. The number of nitrogens with zero attached hydrogens (tertiary/aromatic N) is 1. The molecule has 0 heterocycles. The van der Waals surface area contributed by atoms with Gasteiger partial charge in [-0.25, -0.2) is 4.79 Å². The van der Waals surface area contributed by atoms with Crippen molar-refractivity contribution < 1.29 is 24.4 Å². The molecule has 0 aliphatic heterocycles. The van der Waals surface area contributed by atoms with E-state index in [2.05, 4.69) is 5.32 Å². The smallest absolute Gasteiger partial charge is 0.331 e. The van der Waals surface area contributed by atoms with Gasteiger partial charge in [-0.3, -0.25) is 14.9 Å². The van der Waals surface area contributed by atoms with Crippen LogP contribution in [0.4, 0.5) is 5.69 Å². The summed E-state index contributed by atoms with van der Waals surface area (Å²) in [6.45, 7) is 2.83. The zero-order valence-electron chi connectivity index (χ0n) is 12.6. The lowest BCUT2D eigenvalue weighted by Crippen LogP contribution is -2.55. The van der Waals surface area contributed by atoms with E-state index in [0.29, 0.717) is 12.0 Å². The fourth-order valence-electron chi connectivity index (χ4n) is 1.94. The van der Waals surface area contributed by atoms with Gasteiger partial charge < -0.3 is 15.2 Å². The molecule has 120 valence electrons. The Labute approximate surface area is 127 Å². The van der Waals surface area contributed by atoms with Gasteiger partial charge in [-0.15, -0.1) is 0 Å². The average molecular weight is 310 g/mol. The van der Waals surface area contributed by atoms with Gasteiger partial charge in [-0.05, 0) is 19.4 Å². The second kappa shape index (κ2) is 6.99. The van der Waals surface area contributed by atoms with Gasteiger partial charge in [-0.1, -0.05) is 13.0 Å². The first-order chi connectivity index (χ1) is 10.2. The van der Waals surface area contributed by atoms with E-state index in [1.807, 2.05) is 0 Å². The molecule has 1 unspecified atom stereocenters. The number of nitrogens with one attached hydrogen (secondary N) is 1. The Morgan fingerprint density at radius 1 is 1.45 bits per heavy atom. The van der Waals surface area contributed by atoms with Crippen LogP contribution in [-0.2, 0) is 16.0 Å². The molecule has 22 heavy (non-hydrogen) atoms. The highest BCUT2D eigenvalue weighted by molar-refractivity contribution is 5.98. The Bertz CT molecular complexity index is 601. The number of amides is 1. The molecule has 0 spiro atoms. The van der Waals surface area contributed by atoms with Crippen LogP contribution >= 0.6 is 0 Å². The molecule has 0 fully saturated rings. The molecule has 0 aromatic heterocycles. The monoisotopic (exact) mass is 310 g/mol. The van der Waals surface area contributed by atoms with Crippen LogP contribution in [0.25, 0.3) is 0 Å². The molecule has 8 heteroatoms. The fourth-order valence-corrected chi connectivity index (χ4v) is 1.94. The SMILES string of the molecule is CCc1ccc(C(=O)NC(C)(COC)C(=O)O)cc1[N+](=O)[O-]. The highest BCUT2D eigenvalue weighted by atomic mass is 16.6. The van der Waals surface area contributed by atoms with Crippen LogP contribution in [0.5, 0.6) is 0 Å². The molecule has 0 bridgehead atoms. The Hall–Kier alpha value is -2.48. The molecule has 0 aliphatic rings. The van der Waals surface area contributed by atoms with Crippen molar-refractivity contribution in [1.82, 2.24) is 5.32 Å². The minimum absolute atomic E-state index is 0.0208. The number of carbonyl (C=O) groups excluding carboxylic acids is 1. The number of nitro groups is 1. The molecular weight excluding hydrogens is 292 g/mol. The minimum atomic E-state index is -1.62. The summed E-state index contributed by atoms with van der Waals surface area (Å²) in [4.78, 5) is 33.9. The average Bonchev–Trinajstić information content (AvgIpc) is 2.46. The predicted octanol–water partition coefficient (Wildman–Crippen LogP) is 1.38. The normalized spacial score (nSPS) is 13.2. The van der Waals surface area contributed by atoms with Gasteiger partial charge in [0.25, 0.3) is 11.6 Å². The van der Waals surface area contributed by atoms with E-state index in [-0.39, 0.29) is 17.9 Å². The summed E-state index contributed by atoms with van der Waals surface area (Å²) < 4.78 is 4.80. The summed E-state index contributed by atoms with van der Waals surface area (Å²) in [5.41, 5.74) is -1.27. The highest BCUT2D eigenvalue weighted by Gasteiger charge is 2.35. The van der Waals surface area contributed by atoms with E-state index in [4.69, 9.17) is 4.74 Å². The quantitative estimate of drug-likeness (QED) is 0.580. The number of ether oxygens (including phenoxy) is 1. The number of aryl methyl sites for hydroxylation is 1. The zero-order chi connectivity index (χ0) is 16.9. The Morgan fingerprint density at radius 2 is 2.09 bits per heavy atom. The first-order valence-electron chi connectivity index (χ1n) is 6.57. The fraction of sp³-hybridized carbons (Fsp3) is 0.429. The molecule has 0 radical (unpaired) electrons. The van der Waals surface area contributed by atoms with E-state index >= 15 is 0 Å². The molecule has 0 saturated carbocycles. The number of carboxylic acids is 1. The van der Waals surface area contributed by atoms with Crippen molar-refractivity contribution in [1.29, 1.82) is 0 Å². The first-order valence-corrected chi connectivity index (χ1v) is 6.57. The van der Waals surface area contributed by atoms with E-state index in [1.54, 1.807) is 6.92 Å². The van der Waals surface area contributed by atoms with Crippen molar-refractivity contribution in [2.45, 2.75) is 25.8 Å². The van der Waals surface area contributed by atoms with E-state index in [9.17, 15) is 24.8 Å². The highest BCUT2D eigenvalue weighted by Crippen LogP contribution is 2.21. The van der Waals surface area contributed by atoms with Crippen LogP contribution in [0, 0.1) is 10.1 Å². The number of hydrogen-bond acceptors (Lipinski definition) is 5. The summed E-state index contributed by atoms with van der Waals surface area (Å²) in [5, 5.41) is 22.5. The van der Waals surface area contributed by atoms with Crippen LogP contribution < -0.4 is 5.32 Å². The Balaban J connectivity index is 3.10. The van der Waals surface area contributed by atoms with Crippen LogP contribution in [0.2, 0.25) is 0 Å². The number of nitro benzene ring substituents is 1. The summed E-state index contributed by atoms with van der Waals surface area (Å²) in [5.74, 6) is -1.98. The van der Waals surface area contributed by atoms with Crippen molar-refractivity contribution in [3.05, 3.63) is 39.4 Å². The molecule has 1 aromatic carbocycles. The van der Waals surface area contributed by atoms with Gasteiger partial charge in [0.2, 0.25) is 0 Å². The standard InChI is InChI=1S/C14H18N2O6/c1-4-9-5-6-10(7-11(9)16(20)21)12(17)15-14(2,8-22-3)13(18)19/h5-7H,4,8H2,1-3H3,(H,15,17)(H,18,19). The van der Waals surface area contributed by atoms with Crippen molar-refractivity contribution in [2.24, 2.45) is 0 Å². The molecule has 1 rings (SSSR count). The van der Waals surface area contributed by atoms with Gasteiger partial charge in [0, 0.05) is 24.3 Å². The molecule has 0 aliphatic carbocycles. The molecule has 2 N–H and O–H groups in total. The third-order valence-corrected chi connectivity index (χ3v) is 3.22. The third kappa shape index (κ3) is 3.79. The Morgan fingerprint density at radius 3 is 2.55 bits per heavy atom. The van der Waals surface area contributed by atoms with Crippen molar-refractivity contribution in [2.75, 3.05) is 13.7 Å². The van der Waals surface area contributed by atoms with Gasteiger partial charge in [0.1, 0.15) is 0 Å². The van der Waals surface area contributed by atoms with Crippen molar-refractivity contribution in [3.8, 4) is 0 Å². The van der Waals surface area contributed by atoms with Crippen LogP contribution in [-0.4, -0.2) is 41.2 Å². The first kappa shape index (κ1) is 17.6. The molecular formula is C14H18N2O6. The number of methoxy groups -OCH3 is 1. The Kier molecular flexibility index (Phi) is 5.58. The molecule has 1 amide bonds. The van der Waals surface area contributed by atoms with Gasteiger partial charge in [-0.2, -0.15) is 0 Å². The van der Waals surface area contributed by atoms with Gasteiger partial charge in [0.05, 0.1) is 11.5 Å². The zero-order valence-corrected chi connectivity index (χ0v) is 12.6.